The van der Waals surface area contributed by atoms with E-state index in [9.17, 15) is 4.79 Å². The molecule has 0 N–H and O–H groups in total. The zero-order valence-electron chi connectivity index (χ0n) is 9.52. The number of nitrogens with zero attached hydrogens (tertiary/aromatic N) is 2. The fourth-order valence-electron chi connectivity index (χ4n) is 1.65. The van der Waals surface area contributed by atoms with Crippen LogP contribution in [0.1, 0.15) is 32.4 Å². The van der Waals surface area contributed by atoms with Crippen LogP contribution in [0.2, 0.25) is 0 Å². The first-order chi connectivity index (χ1) is 7.06. The topological polar surface area (TPSA) is 52.1 Å². The van der Waals surface area contributed by atoms with Crippen LogP contribution in [0.25, 0.3) is 0 Å². The van der Waals surface area contributed by atoms with Gasteiger partial charge in [-0.15, -0.1) is 0 Å². The Bertz CT molecular complexity index is 350. The standard InChI is InChI=1S/C11H16N2O2/c1-7(2)11(8(3)14)9-5-10(15-4)13-6-12-9/h5-7,11H,1-4H3. The number of ether oxygens (including phenoxy) is 1. The Labute approximate surface area is 89.7 Å². The largest absolute Gasteiger partial charge is 0.481 e. The third-order valence-corrected chi connectivity index (χ3v) is 2.30. The quantitative estimate of drug-likeness (QED) is 0.757. The first-order valence-electron chi connectivity index (χ1n) is 4.92. The lowest BCUT2D eigenvalue weighted by Gasteiger charge is -2.17. The lowest BCUT2D eigenvalue weighted by atomic mass is 9.89. The molecule has 0 aromatic carbocycles. The summed E-state index contributed by atoms with van der Waals surface area (Å²) in [6.45, 7) is 5.58. The SMILES string of the molecule is COc1cc(C(C(C)=O)C(C)C)ncn1. The number of carbonyl (C=O) groups excluding carboxylic acids is 1. The monoisotopic (exact) mass is 208 g/mol. The Balaban J connectivity index is 3.05. The highest BCUT2D eigenvalue weighted by Gasteiger charge is 2.22. The van der Waals surface area contributed by atoms with E-state index in [1.807, 2.05) is 13.8 Å². The lowest BCUT2D eigenvalue weighted by molar-refractivity contribution is -0.119. The molecule has 82 valence electrons. The molecule has 1 unspecified atom stereocenters. The molecule has 1 atom stereocenters. The summed E-state index contributed by atoms with van der Waals surface area (Å²) in [5.41, 5.74) is 0.726. The maximum Gasteiger partial charge on any atom is 0.216 e. The second-order valence-electron chi connectivity index (χ2n) is 3.82. The van der Waals surface area contributed by atoms with Crippen molar-refractivity contribution in [1.82, 2.24) is 9.97 Å². The van der Waals surface area contributed by atoms with Gasteiger partial charge in [0.25, 0.3) is 0 Å². The number of methoxy groups -OCH3 is 1. The highest BCUT2D eigenvalue weighted by molar-refractivity contribution is 5.83. The van der Waals surface area contributed by atoms with Gasteiger partial charge in [-0.25, -0.2) is 9.97 Å². The summed E-state index contributed by atoms with van der Waals surface area (Å²) in [5, 5.41) is 0. The van der Waals surface area contributed by atoms with Crippen LogP contribution in [-0.2, 0) is 4.79 Å². The van der Waals surface area contributed by atoms with Crippen molar-refractivity contribution in [2.24, 2.45) is 5.92 Å². The van der Waals surface area contributed by atoms with Crippen LogP contribution < -0.4 is 4.74 Å². The van der Waals surface area contributed by atoms with Crippen molar-refractivity contribution < 1.29 is 9.53 Å². The second kappa shape index (κ2) is 4.87. The molecule has 0 spiro atoms. The van der Waals surface area contributed by atoms with Gasteiger partial charge in [-0.3, -0.25) is 4.79 Å². The highest BCUT2D eigenvalue weighted by atomic mass is 16.5. The van der Waals surface area contributed by atoms with Gasteiger partial charge in [0.1, 0.15) is 12.1 Å². The van der Waals surface area contributed by atoms with E-state index in [0.29, 0.717) is 5.88 Å². The minimum Gasteiger partial charge on any atom is -0.481 e. The second-order valence-corrected chi connectivity index (χ2v) is 3.82. The van der Waals surface area contributed by atoms with Crippen molar-refractivity contribution in [3.05, 3.63) is 18.1 Å². The van der Waals surface area contributed by atoms with Gasteiger partial charge in [-0.2, -0.15) is 0 Å². The van der Waals surface area contributed by atoms with Gasteiger partial charge in [0, 0.05) is 6.07 Å². The summed E-state index contributed by atoms with van der Waals surface area (Å²) in [7, 11) is 1.55. The zero-order valence-corrected chi connectivity index (χ0v) is 9.52. The van der Waals surface area contributed by atoms with Crippen LogP contribution in [0, 0.1) is 5.92 Å². The number of carbonyl (C=O) groups is 1. The molecule has 0 bridgehead atoms. The molecule has 1 aromatic heterocycles. The molecule has 0 fully saturated rings. The van der Waals surface area contributed by atoms with Crippen molar-refractivity contribution >= 4 is 5.78 Å². The number of ketones is 1. The first-order valence-corrected chi connectivity index (χ1v) is 4.92. The Kier molecular flexibility index (Phi) is 3.77. The van der Waals surface area contributed by atoms with Gasteiger partial charge in [-0.05, 0) is 12.8 Å². The summed E-state index contributed by atoms with van der Waals surface area (Å²) in [6.07, 6.45) is 1.42. The van der Waals surface area contributed by atoms with Crippen LogP contribution in [0.5, 0.6) is 5.88 Å². The van der Waals surface area contributed by atoms with Gasteiger partial charge >= 0.3 is 0 Å². The maximum atomic E-state index is 11.5. The Morgan fingerprint density at radius 1 is 1.40 bits per heavy atom. The molecule has 0 radical (unpaired) electrons. The van der Waals surface area contributed by atoms with E-state index in [1.54, 1.807) is 20.1 Å². The molecule has 0 saturated heterocycles. The minimum atomic E-state index is -0.179. The molecular formula is C11H16N2O2. The molecular weight excluding hydrogens is 192 g/mol. The van der Waals surface area contributed by atoms with Gasteiger partial charge in [0.2, 0.25) is 5.88 Å². The van der Waals surface area contributed by atoms with Crippen LogP contribution in [0.4, 0.5) is 0 Å². The van der Waals surface area contributed by atoms with E-state index in [1.165, 1.54) is 6.33 Å². The Morgan fingerprint density at radius 2 is 2.07 bits per heavy atom. The molecule has 4 nitrogen and oxygen atoms in total. The molecule has 1 aromatic rings. The number of rotatable bonds is 4. The van der Waals surface area contributed by atoms with Crippen LogP contribution >= 0.6 is 0 Å². The van der Waals surface area contributed by atoms with E-state index >= 15 is 0 Å². The average molecular weight is 208 g/mol. The van der Waals surface area contributed by atoms with Crippen molar-refractivity contribution in [1.29, 1.82) is 0 Å². The van der Waals surface area contributed by atoms with Crippen LogP contribution in [0.15, 0.2) is 12.4 Å². The first kappa shape index (κ1) is 11.6. The van der Waals surface area contributed by atoms with E-state index in [4.69, 9.17) is 4.74 Å². The molecule has 0 amide bonds. The smallest absolute Gasteiger partial charge is 0.216 e. The summed E-state index contributed by atoms with van der Waals surface area (Å²) in [6, 6.07) is 1.71. The molecule has 1 heterocycles. The molecule has 0 saturated carbocycles. The number of hydrogen-bond acceptors (Lipinski definition) is 4. The molecule has 4 heteroatoms. The summed E-state index contributed by atoms with van der Waals surface area (Å²) < 4.78 is 5.00. The van der Waals surface area contributed by atoms with E-state index < -0.39 is 0 Å². The van der Waals surface area contributed by atoms with Gasteiger partial charge < -0.3 is 4.74 Å². The highest BCUT2D eigenvalue weighted by Crippen LogP contribution is 2.24. The molecule has 0 aliphatic rings. The predicted octanol–water partition coefficient (Wildman–Crippen LogP) is 1.81. The number of aromatic nitrogens is 2. The van der Waals surface area contributed by atoms with Crippen molar-refractivity contribution in [3.8, 4) is 5.88 Å². The summed E-state index contributed by atoms with van der Waals surface area (Å²) in [4.78, 5) is 19.5. The number of Topliss-reactive ketones (excluding diaryl/α,β-unsaturated/α-hetero) is 1. The van der Waals surface area contributed by atoms with Crippen LogP contribution in [0.3, 0.4) is 0 Å². The third kappa shape index (κ3) is 2.75. The molecule has 0 aliphatic carbocycles. The molecule has 0 aliphatic heterocycles. The maximum absolute atomic E-state index is 11.5. The predicted molar refractivity (Wildman–Crippen MR) is 56.8 cm³/mol. The number of hydrogen-bond donors (Lipinski definition) is 0. The van der Waals surface area contributed by atoms with Crippen molar-refractivity contribution in [2.75, 3.05) is 7.11 Å². The lowest BCUT2D eigenvalue weighted by Crippen LogP contribution is -2.16. The van der Waals surface area contributed by atoms with E-state index in [2.05, 4.69) is 9.97 Å². The van der Waals surface area contributed by atoms with E-state index in [0.717, 1.165) is 5.69 Å². The molecule has 1 rings (SSSR count). The third-order valence-electron chi connectivity index (χ3n) is 2.30. The average Bonchev–Trinajstić information content (AvgIpc) is 2.17. The normalized spacial score (nSPS) is 12.6. The Hall–Kier alpha value is -1.45. The van der Waals surface area contributed by atoms with Gasteiger partial charge in [0.05, 0.1) is 18.7 Å². The van der Waals surface area contributed by atoms with Crippen LogP contribution in [-0.4, -0.2) is 22.9 Å². The van der Waals surface area contributed by atoms with Gasteiger partial charge in [-0.1, -0.05) is 13.8 Å². The van der Waals surface area contributed by atoms with E-state index in [-0.39, 0.29) is 17.6 Å². The minimum absolute atomic E-state index is 0.116. The summed E-state index contributed by atoms with van der Waals surface area (Å²) in [5.74, 6) is 0.654. The fourth-order valence-corrected chi connectivity index (χ4v) is 1.65. The van der Waals surface area contributed by atoms with Crippen molar-refractivity contribution in [3.63, 3.8) is 0 Å². The van der Waals surface area contributed by atoms with Gasteiger partial charge in [0.15, 0.2) is 0 Å². The molecule has 15 heavy (non-hydrogen) atoms. The fraction of sp³-hybridized carbons (Fsp3) is 0.545. The Morgan fingerprint density at radius 3 is 2.53 bits per heavy atom. The zero-order chi connectivity index (χ0) is 11.4. The van der Waals surface area contributed by atoms with Crippen molar-refractivity contribution in [2.45, 2.75) is 26.7 Å². The summed E-state index contributed by atoms with van der Waals surface area (Å²) >= 11 is 0.